The van der Waals surface area contributed by atoms with E-state index in [1.54, 1.807) is 46.0 Å². The number of hydrazone groups is 1. The van der Waals surface area contributed by atoms with E-state index in [1.807, 2.05) is 6.07 Å². The smallest absolute Gasteiger partial charge is 0.204 e. The summed E-state index contributed by atoms with van der Waals surface area (Å²) in [7, 11) is 1.63. The molecule has 1 aromatic rings. The van der Waals surface area contributed by atoms with Gasteiger partial charge in [0.1, 0.15) is 6.07 Å². The molecule has 0 radical (unpaired) electrons. The summed E-state index contributed by atoms with van der Waals surface area (Å²) in [6.07, 6.45) is 0. The number of rotatable bonds is 3. The molecule has 106 valence electrons. The first kappa shape index (κ1) is 16.5. The number of carbonyl (C=O) groups excluding carboxylic acids is 1. The van der Waals surface area contributed by atoms with Gasteiger partial charge in [0.05, 0.1) is 15.7 Å². The Bertz CT molecular complexity index is 597. The Morgan fingerprint density at radius 3 is 2.35 bits per heavy atom. The maximum absolute atomic E-state index is 12.1. The van der Waals surface area contributed by atoms with Gasteiger partial charge >= 0.3 is 0 Å². The first-order chi connectivity index (χ1) is 9.16. The lowest BCUT2D eigenvalue weighted by molar-refractivity contribution is -0.119. The zero-order valence-electron chi connectivity index (χ0n) is 11.7. The van der Waals surface area contributed by atoms with Gasteiger partial charge in [-0.05, 0) is 18.2 Å². The second-order valence-electron chi connectivity index (χ2n) is 5.26. The quantitative estimate of drug-likeness (QED) is 0.628. The zero-order valence-corrected chi connectivity index (χ0v) is 13.2. The fourth-order valence-corrected chi connectivity index (χ4v) is 1.66. The third-order valence-corrected chi connectivity index (χ3v) is 3.27. The zero-order chi connectivity index (χ0) is 15.5. The molecule has 0 spiro atoms. The van der Waals surface area contributed by atoms with E-state index in [-0.39, 0.29) is 11.5 Å². The van der Waals surface area contributed by atoms with E-state index in [1.165, 1.54) is 5.01 Å². The molecule has 1 rings (SSSR count). The van der Waals surface area contributed by atoms with Crippen LogP contribution in [0, 0.1) is 16.7 Å². The van der Waals surface area contributed by atoms with Gasteiger partial charge in [0, 0.05) is 12.5 Å². The van der Waals surface area contributed by atoms with Gasteiger partial charge in [-0.2, -0.15) is 10.4 Å². The van der Waals surface area contributed by atoms with Crippen molar-refractivity contribution in [2.24, 2.45) is 10.5 Å². The predicted octanol–water partition coefficient (Wildman–Crippen LogP) is 3.92. The highest BCUT2D eigenvalue weighted by molar-refractivity contribution is 6.47. The normalized spacial score (nSPS) is 11.9. The van der Waals surface area contributed by atoms with Crippen LogP contribution >= 0.6 is 23.2 Å². The molecule has 0 aromatic heterocycles. The molecule has 6 heteroatoms. The van der Waals surface area contributed by atoms with Crippen molar-refractivity contribution in [3.63, 3.8) is 0 Å². The van der Waals surface area contributed by atoms with Gasteiger partial charge in [0.15, 0.2) is 5.78 Å². The molecule has 0 aliphatic rings. The molecule has 4 nitrogen and oxygen atoms in total. The Morgan fingerprint density at radius 2 is 1.90 bits per heavy atom. The number of ketones is 1. The van der Waals surface area contributed by atoms with Gasteiger partial charge in [0.25, 0.3) is 0 Å². The molecule has 20 heavy (non-hydrogen) atoms. The van der Waals surface area contributed by atoms with Crippen molar-refractivity contribution < 1.29 is 4.79 Å². The van der Waals surface area contributed by atoms with Crippen LogP contribution in [-0.4, -0.2) is 18.5 Å². The molecule has 1 aromatic carbocycles. The average Bonchev–Trinajstić information content (AvgIpc) is 2.37. The van der Waals surface area contributed by atoms with E-state index in [9.17, 15) is 4.79 Å². The molecule has 0 bridgehead atoms. The fraction of sp³-hybridized carbons (Fsp3) is 0.357. The molecule has 0 unspecified atom stereocenters. The third kappa shape index (κ3) is 3.96. The van der Waals surface area contributed by atoms with Crippen molar-refractivity contribution in [1.82, 2.24) is 0 Å². The number of anilines is 1. The van der Waals surface area contributed by atoms with Gasteiger partial charge < -0.3 is 0 Å². The Hall–Kier alpha value is -1.57. The standard InChI is InChI=1S/C14H15Cl2N3O/c1-14(2,3)13(20)12(8-17)18-19(4)9-5-6-10(15)11(16)7-9/h5-7H,1-4H3/b18-12+. The van der Waals surface area contributed by atoms with Gasteiger partial charge in [-0.15, -0.1) is 0 Å². The molecule has 0 saturated heterocycles. The monoisotopic (exact) mass is 311 g/mol. The summed E-state index contributed by atoms with van der Waals surface area (Å²) < 4.78 is 0. The molecule has 0 amide bonds. The van der Waals surface area contributed by atoms with Crippen LogP contribution in [0.25, 0.3) is 0 Å². The third-order valence-electron chi connectivity index (χ3n) is 2.53. The number of hydrogen-bond donors (Lipinski definition) is 0. The summed E-state index contributed by atoms with van der Waals surface area (Å²) in [5.41, 5.74) is -0.174. The highest BCUT2D eigenvalue weighted by Crippen LogP contribution is 2.27. The fourth-order valence-electron chi connectivity index (χ4n) is 1.37. The van der Waals surface area contributed by atoms with E-state index < -0.39 is 5.41 Å². The molecule has 0 aliphatic heterocycles. The number of benzene rings is 1. The molecule has 0 saturated carbocycles. The highest BCUT2D eigenvalue weighted by atomic mass is 35.5. The van der Waals surface area contributed by atoms with Crippen molar-refractivity contribution in [3.8, 4) is 6.07 Å². The Morgan fingerprint density at radius 1 is 1.30 bits per heavy atom. The molecule has 0 N–H and O–H groups in total. The van der Waals surface area contributed by atoms with Gasteiger partial charge in [-0.3, -0.25) is 9.80 Å². The summed E-state index contributed by atoms with van der Waals surface area (Å²) in [6, 6.07) is 6.78. The van der Waals surface area contributed by atoms with Crippen LogP contribution in [0.3, 0.4) is 0 Å². The van der Waals surface area contributed by atoms with Crippen molar-refractivity contribution in [3.05, 3.63) is 28.2 Å². The number of carbonyl (C=O) groups is 1. The van der Waals surface area contributed by atoms with Crippen molar-refractivity contribution in [2.75, 3.05) is 12.1 Å². The lowest BCUT2D eigenvalue weighted by Gasteiger charge is -2.18. The summed E-state index contributed by atoms with van der Waals surface area (Å²) in [5, 5.41) is 15.4. The maximum Gasteiger partial charge on any atom is 0.204 e. The molecule has 0 fully saturated rings. The molecule has 0 atom stereocenters. The van der Waals surface area contributed by atoms with Crippen molar-refractivity contribution in [2.45, 2.75) is 20.8 Å². The number of nitriles is 1. The SMILES string of the molecule is CN(/N=C(\C#N)C(=O)C(C)(C)C)c1ccc(Cl)c(Cl)c1. The van der Waals surface area contributed by atoms with Gasteiger partial charge in [0.2, 0.25) is 5.71 Å². The highest BCUT2D eigenvalue weighted by Gasteiger charge is 2.27. The molecule has 0 heterocycles. The van der Waals surface area contributed by atoms with Crippen LogP contribution in [0.2, 0.25) is 10.0 Å². The first-order valence-corrected chi connectivity index (χ1v) is 6.64. The summed E-state index contributed by atoms with van der Waals surface area (Å²) >= 11 is 11.8. The number of hydrogen-bond acceptors (Lipinski definition) is 4. The number of halogens is 2. The van der Waals surface area contributed by atoms with E-state index in [0.29, 0.717) is 15.7 Å². The molecule has 0 aliphatic carbocycles. The first-order valence-electron chi connectivity index (χ1n) is 5.89. The van der Waals surface area contributed by atoms with Crippen LogP contribution in [-0.2, 0) is 4.79 Å². The van der Waals surface area contributed by atoms with Crippen LogP contribution in [0.4, 0.5) is 5.69 Å². The minimum Gasteiger partial charge on any atom is -0.291 e. The summed E-state index contributed by atoms with van der Waals surface area (Å²) in [4.78, 5) is 12.1. The largest absolute Gasteiger partial charge is 0.291 e. The van der Waals surface area contributed by atoms with Gasteiger partial charge in [-0.25, -0.2) is 0 Å². The average molecular weight is 312 g/mol. The second kappa shape index (κ2) is 6.25. The van der Waals surface area contributed by atoms with E-state index >= 15 is 0 Å². The minimum absolute atomic E-state index is 0.147. The second-order valence-corrected chi connectivity index (χ2v) is 6.08. The minimum atomic E-state index is -0.660. The lowest BCUT2D eigenvalue weighted by Crippen LogP contribution is -2.29. The number of Topliss-reactive ketones (excluding diaryl/α,β-unsaturated/α-hetero) is 1. The topological polar surface area (TPSA) is 56.5 Å². The molecular formula is C14H15Cl2N3O. The van der Waals surface area contributed by atoms with E-state index in [4.69, 9.17) is 28.5 Å². The van der Waals surface area contributed by atoms with E-state index in [2.05, 4.69) is 5.10 Å². The van der Waals surface area contributed by atoms with Crippen LogP contribution in [0.1, 0.15) is 20.8 Å². The number of nitrogens with zero attached hydrogens (tertiary/aromatic N) is 3. The van der Waals surface area contributed by atoms with Crippen molar-refractivity contribution >= 4 is 40.4 Å². The predicted molar refractivity (Wildman–Crippen MR) is 82.4 cm³/mol. The Labute approximate surface area is 128 Å². The molecular weight excluding hydrogens is 297 g/mol. The van der Waals surface area contributed by atoms with Gasteiger partial charge in [-0.1, -0.05) is 44.0 Å². The summed E-state index contributed by atoms with van der Waals surface area (Å²) in [6.45, 7) is 5.21. The maximum atomic E-state index is 12.1. The lowest BCUT2D eigenvalue weighted by atomic mass is 9.88. The van der Waals surface area contributed by atoms with E-state index in [0.717, 1.165) is 0 Å². The van der Waals surface area contributed by atoms with Crippen LogP contribution in [0.15, 0.2) is 23.3 Å². The summed E-state index contributed by atoms with van der Waals surface area (Å²) in [5.74, 6) is -0.313. The van der Waals surface area contributed by atoms with Crippen molar-refractivity contribution in [1.29, 1.82) is 5.26 Å². The Balaban J connectivity index is 3.10. The van der Waals surface area contributed by atoms with Crippen LogP contribution < -0.4 is 5.01 Å². The van der Waals surface area contributed by atoms with Crippen LogP contribution in [0.5, 0.6) is 0 Å². The Kier molecular flexibility index (Phi) is 5.15.